The van der Waals surface area contributed by atoms with Crippen molar-refractivity contribution in [2.45, 2.75) is 64.6 Å². The molecule has 0 bridgehead atoms. The summed E-state index contributed by atoms with van der Waals surface area (Å²) in [5, 5.41) is 3.64. The monoisotopic (exact) mass is 254 g/mol. The number of nitrogens with one attached hydrogen (secondary N) is 1. The van der Waals surface area contributed by atoms with E-state index >= 15 is 0 Å². The van der Waals surface area contributed by atoms with Gasteiger partial charge in [0.05, 0.1) is 12.7 Å². The van der Waals surface area contributed by atoms with E-state index in [1.54, 1.807) is 0 Å². The van der Waals surface area contributed by atoms with E-state index in [-0.39, 0.29) is 0 Å². The number of hydrogen-bond donors (Lipinski definition) is 1. The highest BCUT2D eigenvalue weighted by Crippen LogP contribution is 2.22. The quantitative estimate of drug-likeness (QED) is 0.787. The SMILES string of the molecule is CC(C)CCC(C)NCC1CN2CCCC2CO1. The van der Waals surface area contributed by atoms with Gasteiger partial charge in [0.25, 0.3) is 0 Å². The van der Waals surface area contributed by atoms with E-state index in [2.05, 4.69) is 31.0 Å². The molecule has 3 nitrogen and oxygen atoms in total. The number of hydrogen-bond acceptors (Lipinski definition) is 3. The van der Waals surface area contributed by atoms with Crippen LogP contribution in [0.25, 0.3) is 0 Å². The van der Waals surface area contributed by atoms with Crippen LogP contribution < -0.4 is 5.32 Å². The molecule has 2 saturated heterocycles. The lowest BCUT2D eigenvalue weighted by Gasteiger charge is -2.35. The van der Waals surface area contributed by atoms with E-state index in [1.165, 1.54) is 32.2 Å². The van der Waals surface area contributed by atoms with Crippen LogP contribution >= 0.6 is 0 Å². The van der Waals surface area contributed by atoms with Crippen molar-refractivity contribution in [2.75, 3.05) is 26.2 Å². The first-order valence-electron chi connectivity index (χ1n) is 7.74. The van der Waals surface area contributed by atoms with Gasteiger partial charge in [-0.3, -0.25) is 4.90 Å². The lowest BCUT2D eigenvalue weighted by atomic mass is 10.0. The zero-order valence-corrected chi connectivity index (χ0v) is 12.3. The minimum absolute atomic E-state index is 0.404. The molecule has 2 rings (SSSR count). The van der Waals surface area contributed by atoms with Gasteiger partial charge in [-0.15, -0.1) is 0 Å². The Morgan fingerprint density at radius 2 is 2.11 bits per heavy atom. The highest BCUT2D eigenvalue weighted by atomic mass is 16.5. The van der Waals surface area contributed by atoms with E-state index < -0.39 is 0 Å². The van der Waals surface area contributed by atoms with Crippen molar-refractivity contribution in [1.29, 1.82) is 0 Å². The summed E-state index contributed by atoms with van der Waals surface area (Å²) in [4.78, 5) is 2.62. The van der Waals surface area contributed by atoms with Crippen LogP contribution in [0.3, 0.4) is 0 Å². The average molecular weight is 254 g/mol. The lowest BCUT2D eigenvalue weighted by Crippen LogP contribution is -2.50. The number of fused-ring (bicyclic) bond motifs is 1. The molecule has 0 aliphatic carbocycles. The summed E-state index contributed by atoms with van der Waals surface area (Å²) in [7, 11) is 0. The average Bonchev–Trinajstić information content (AvgIpc) is 2.81. The van der Waals surface area contributed by atoms with E-state index in [0.29, 0.717) is 12.1 Å². The molecule has 2 fully saturated rings. The number of morpholine rings is 1. The van der Waals surface area contributed by atoms with Gasteiger partial charge in [-0.05, 0) is 45.1 Å². The molecule has 0 spiro atoms. The molecule has 0 radical (unpaired) electrons. The van der Waals surface area contributed by atoms with Crippen molar-refractivity contribution in [3.05, 3.63) is 0 Å². The van der Waals surface area contributed by atoms with E-state index in [4.69, 9.17) is 4.74 Å². The predicted octanol–water partition coefficient (Wildman–Crippen LogP) is 2.26. The van der Waals surface area contributed by atoms with Crippen LogP contribution in [0.2, 0.25) is 0 Å². The Kier molecular flexibility index (Phi) is 5.46. The summed E-state index contributed by atoms with van der Waals surface area (Å²) in [5.74, 6) is 0.811. The molecule has 0 aromatic carbocycles. The Labute approximate surface area is 112 Å². The second kappa shape index (κ2) is 6.88. The first-order chi connectivity index (χ1) is 8.65. The lowest BCUT2D eigenvalue weighted by molar-refractivity contribution is -0.0478. The van der Waals surface area contributed by atoms with Crippen LogP contribution in [-0.4, -0.2) is 49.3 Å². The molecule has 18 heavy (non-hydrogen) atoms. The molecule has 1 N–H and O–H groups in total. The van der Waals surface area contributed by atoms with Gasteiger partial charge in [-0.1, -0.05) is 13.8 Å². The summed E-state index contributed by atoms with van der Waals surface area (Å²) >= 11 is 0. The fraction of sp³-hybridized carbons (Fsp3) is 1.00. The Balaban J connectivity index is 1.61. The molecule has 0 saturated carbocycles. The number of ether oxygens (including phenoxy) is 1. The summed E-state index contributed by atoms with van der Waals surface area (Å²) < 4.78 is 5.96. The van der Waals surface area contributed by atoms with E-state index in [1.807, 2.05) is 0 Å². The van der Waals surface area contributed by atoms with Crippen LogP contribution in [-0.2, 0) is 4.74 Å². The van der Waals surface area contributed by atoms with Gasteiger partial charge >= 0.3 is 0 Å². The van der Waals surface area contributed by atoms with Crippen LogP contribution in [0.1, 0.15) is 46.5 Å². The topological polar surface area (TPSA) is 24.5 Å². The first-order valence-corrected chi connectivity index (χ1v) is 7.74. The molecular weight excluding hydrogens is 224 g/mol. The second-order valence-corrected chi connectivity index (χ2v) is 6.53. The van der Waals surface area contributed by atoms with Crippen molar-refractivity contribution in [1.82, 2.24) is 10.2 Å². The maximum atomic E-state index is 5.96. The fourth-order valence-electron chi connectivity index (χ4n) is 3.03. The molecule has 2 heterocycles. The van der Waals surface area contributed by atoms with Crippen molar-refractivity contribution in [3.8, 4) is 0 Å². The van der Waals surface area contributed by atoms with E-state index in [0.717, 1.165) is 31.7 Å². The summed E-state index contributed by atoms with van der Waals surface area (Å²) in [5.41, 5.74) is 0. The first kappa shape index (κ1) is 14.3. The third-order valence-electron chi connectivity index (χ3n) is 4.33. The fourth-order valence-corrected chi connectivity index (χ4v) is 3.03. The normalized spacial score (nSPS) is 30.7. The molecule has 2 aliphatic heterocycles. The predicted molar refractivity (Wildman–Crippen MR) is 75.9 cm³/mol. The van der Waals surface area contributed by atoms with Crippen molar-refractivity contribution in [2.24, 2.45) is 5.92 Å². The van der Waals surface area contributed by atoms with E-state index in [9.17, 15) is 0 Å². The van der Waals surface area contributed by atoms with Gasteiger partial charge in [0.15, 0.2) is 0 Å². The third kappa shape index (κ3) is 4.22. The molecule has 0 aromatic heterocycles. The third-order valence-corrected chi connectivity index (χ3v) is 4.33. The molecule has 0 aromatic rings. The Morgan fingerprint density at radius 3 is 2.89 bits per heavy atom. The molecule has 106 valence electrons. The van der Waals surface area contributed by atoms with Crippen LogP contribution in [0.5, 0.6) is 0 Å². The maximum absolute atomic E-state index is 5.96. The van der Waals surface area contributed by atoms with Gasteiger partial charge in [0.2, 0.25) is 0 Å². The second-order valence-electron chi connectivity index (χ2n) is 6.53. The standard InChI is InChI=1S/C15H30N2O/c1-12(2)6-7-13(3)16-9-15-10-17-8-4-5-14(17)11-18-15/h12-16H,4-11H2,1-3H3. The van der Waals surface area contributed by atoms with Crippen molar-refractivity contribution >= 4 is 0 Å². The summed E-state index contributed by atoms with van der Waals surface area (Å²) in [6.45, 7) is 11.3. The van der Waals surface area contributed by atoms with Crippen LogP contribution in [0, 0.1) is 5.92 Å². The Hall–Kier alpha value is -0.120. The number of nitrogens with zero attached hydrogens (tertiary/aromatic N) is 1. The molecule has 0 amide bonds. The minimum Gasteiger partial charge on any atom is -0.374 e. The molecule has 2 aliphatic rings. The molecule has 3 atom stereocenters. The van der Waals surface area contributed by atoms with Gasteiger partial charge < -0.3 is 10.1 Å². The zero-order valence-electron chi connectivity index (χ0n) is 12.3. The largest absolute Gasteiger partial charge is 0.374 e. The van der Waals surface area contributed by atoms with Gasteiger partial charge in [-0.2, -0.15) is 0 Å². The smallest absolute Gasteiger partial charge is 0.0827 e. The Bertz CT molecular complexity index is 245. The van der Waals surface area contributed by atoms with Crippen molar-refractivity contribution in [3.63, 3.8) is 0 Å². The molecular formula is C15H30N2O. The highest BCUT2D eigenvalue weighted by Gasteiger charge is 2.31. The maximum Gasteiger partial charge on any atom is 0.0827 e. The van der Waals surface area contributed by atoms with Gasteiger partial charge in [0, 0.05) is 25.2 Å². The number of rotatable bonds is 6. The van der Waals surface area contributed by atoms with Crippen LogP contribution in [0.15, 0.2) is 0 Å². The van der Waals surface area contributed by atoms with Crippen LogP contribution in [0.4, 0.5) is 0 Å². The van der Waals surface area contributed by atoms with Crippen molar-refractivity contribution < 1.29 is 4.74 Å². The molecule has 3 unspecified atom stereocenters. The van der Waals surface area contributed by atoms with Gasteiger partial charge in [0.1, 0.15) is 0 Å². The Morgan fingerprint density at radius 1 is 1.28 bits per heavy atom. The summed E-state index contributed by atoms with van der Waals surface area (Å²) in [6, 6.07) is 1.34. The minimum atomic E-state index is 0.404. The molecule has 3 heteroatoms. The zero-order chi connectivity index (χ0) is 13.0. The summed E-state index contributed by atoms with van der Waals surface area (Å²) in [6.07, 6.45) is 5.69. The highest BCUT2D eigenvalue weighted by molar-refractivity contribution is 4.86. The van der Waals surface area contributed by atoms with Gasteiger partial charge in [-0.25, -0.2) is 0 Å².